The van der Waals surface area contributed by atoms with Crippen LogP contribution in [0.25, 0.3) is 0 Å². The van der Waals surface area contributed by atoms with E-state index in [1.54, 1.807) is 24.8 Å². The molecular formula is C27H37FO5S. The summed E-state index contributed by atoms with van der Waals surface area (Å²) in [6.45, 7) is 9.09. The summed E-state index contributed by atoms with van der Waals surface area (Å²) in [5.41, 5.74) is -4.58. The van der Waals surface area contributed by atoms with Crippen LogP contribution in [0.5, 0.6) is 0 Å². The van der Waals surface area contributed by atoms with E-state index in [1.165, 1.54) is 19.1 Å². The fourth-order valence-corrected chi connectivity index (χ4v) is 8.70. The van der Waals surface area contributed by atoms with Crippen molar-refractivity contribution in [2.24, 2.45) is 28.6 Å². The molecule has 0 amide bonds. The number of Topliss-reactive ketones (excluding diaryl/α,β-unsaturated/α-hetero) is 1. The molecule has 0 aromatic heterocycles. The Kier molecular flexibility index (Phi) is 6.46. The molecule has 3 fully saturated rings. The van der Waals surface area contributed by atoms with Gasteiger partial charge in [-0.1, -0.05) is 32.4 Å². The van der Waals surface area contributed by atoms with E-state index in [0.717, 1.165) is 11.3 Å². The van der Waals surface area contributed by atoms with Gasteiger partial charge in [0, 0.05) is 28.4 Å². The summed E-state index contributed by atoms with van der Waals surface area (Å²) in [7, 11) is 0. The number of hydrogen-bond acceptors (Lipinski definition) is 6. The van der Waals surface area contributed by atoms with Crippen molar-refractivity contribution >= 4 is 29.3 Å². The summed E-state index contributed by atoms with van der Waals surface area (Å²) in [6.07, 6.45) is 5.03. The number of ether oxygens (including phenoxy) is 1. The number of fused-ring (bicyclic) bond motifs is 5. The van der Waals surface area contributed by atoms with Crippen LogP contribution in [0.3, 0.4) is 0 Å². The Morgan fingerprint density at radius 2 is 2.00 bits per heavy atom. The Morgan fingerprint density at radius 3 is 2.65 bits per heavy atom. The van der Waals surface area contributed by atoms with Gasteiger partial charge in [0.05, 0.1) is 12.5 Å². The molecule has 4 aliphatic carbocycles. The zero-order valence-corrected chi connectivity index (χ0v) is 21.7. The molecule has 0 saturated heterocycles. The molecule has 5 nitrogen and oxygen atoms in total. The molecular weight excluding hydrogens is 455 g/mol. The van der Waals surface area contributed by atoms with Gasteiger partial charge in [0.1, 0.15) is 0 Å². The lowest BCUT2D eigenvalue weighted by atomic mass is 9.44. The van der Waals surface area contributed by atoms with Gasteiger partial charge in [0.15, 0.2) is 22.8 Å². The monoisotopic (exact) mass is 492 g/mol. The fraction of sp³-hybridized carbons (Fsp3) is 0.741. The van der Waals surface area contributed by atoms with Crippen LogP contribution in [0.4, 0.5) is 4.39 Å². The van der Waals surface area contributed by atoms with Crippen molar-refractivity contribution in [2.75, 3.05) is 11.5 Å². The second-order valence-corrected chi connectivity index (χ2v) is 12.5. The number of ketones is 2. The molecule has 0 aromatic carbocycles. The average molecular weight is 493 g/mol. The molecule has 4 rings (SSSR count). The highest BCUT2D eigenvalue weighted by molar-refractivity contribution is 7.99. The first-order chi connectivity index (χ1) is 15.9. The standard InChI is InChI=1S/C27H37FO5S/c1-6-34-12-10-23(32)33-27(17(3)29)16(2)13-21-20-8-7-18-14-19(30)9-11-24(18,4)26(20,28)22(31)15-25(21,27)5/h9,11,14,16,20-22,31H,6-8,10,12-13,15H2,1-5H3/t16-,20-,21-,22-,24-,25-,26-,27-/m0/s1. The Labute approximate surface area is 206 Å². The summed E-state index contributed by atoms with van der Waals surface area (Å²) in [5, 5.41) is 11.5. The first-order valence-corrected chi connectivity index (χ1v) is 13.7. The maximum absolute atomic E-state index is 17.3. The molecule has 0 aliphatic heterocycles. The van der Waals surface area contributed by atoms with Gasteiger partial charge in [-0.05, 0) is 63.4 Å². The van der Waals surface area contributed by atoms with E-state index < -0.39 is 40.1 Å². The van der Waals surface area contributed by atoms with Crippen molar-refractivity contribution in [1.29, 1.82) is 0 Å². The van der Waals surface area contributed by atoms with Crippen molar-refractivity contribution in [2.45, 2.75) is 84.1 Å². The lowest BCUT2D eigenvalue weighted by molar-refractivity contribution is -0.227. The van der Waals surface area contributed by atoms with Crippen LogP contribution in [0.15, 0.2) is 23.8 Å². The van der Waals surface area contributed by atoms with E-state index >= 15 is 4.39 Å². The molecule has 3 saturated carbocycles. The highest BCUT2D eigenvalue weighted by Gasteiger charge is 2.76. The molecule has 1 N–H and O–H groups in total. The molecule has 0 bridgehead atoms. The summed E-state index contributed by atoms with van der Waals surface area (Å²) in [6, 6.07) is 0. The minimum Gasteiger partial charge on any atom is -0.450 e. The second kappa shape index (κ2) is 8.58. The van der Waals surface area contributed by atoms with Crippen LogP contribution < -0.4 is 0 Å². The van der Waals surface area contributed by atoms with Crippen LogP contribution in [0.1, 0.15) is 66.7 Å². The lowest BCUT2D eigenvalue weighted by Crippen LogP contribution is -2.69. The Balaban J connectivity index is 1.74. The number of alkyl halides is 1. The third-order valence-electron chi connectivity index (χ3n) is 9.63. The number of esters is 1. The number of aliphatic hydroxyl groups is 1. The number of thioether (sulfide) groups is 1. The maximum Gasteiger partial charge on any atom is 0.307 e. The zero-order chi connectivity index (χ0) is 25.1. The molecule has 0 aromatic rings. The van der Waals surface area contributed by atoms with Crippen LogP contribution >= 0.6 is 11.8 Å². The first kappa shape index (κ1) is 25.6. The topological polar surface area (TPSA) is 80.7 Å². The highest BCUT2D eigenvalue weighted by atomic mass is 32.2. The van der Waals surface area contributed by atoms with Crippen LogP contribution in [0.2, 0.25) is 0 Å². The lowest BCUT2D eigenvalue weighted by Gasteiger charge is -2.62. The van der Waals surface area contributed by atoms with E-state index in [9.17, 15) is 19.5 Å². The molecule has 0 heterocycles. The van der Waals surface area contributed by atoms with E-state index in [-0.39, 0.29) is 36.2 Å². The SMILES string of the molecule is CCSCCC(=O)O[C@]1(C(C)=O)[C@@H](C)C[C@H]2[C@@H]3CCC4=CC(=O)C=C[C@]4(C)[C@@]3(F)[C@@H](O)C[C@@]21C. The number of carbonyl (C=O) groups excluding carboxylic acids is 3. The van der Waals surface area contributed by atoms with Gasteiger partial charge in [-0.15, -0.1) is 0 Å². The number of rotatable bonds is 6. The van der Waals surface area contributed by atoms with E-state index in [4.69, 9.17) is 4.74 Å². The molecule has 7 heteroatoms. The van der Waals surface area contributed by atoms with Crippen LogP contribution in [0, 0.1) is 28.6 Å². The third-order valence-corrected chi connectivity index (χ3v) is 10.5. The van der Waals surface area contributed by atoms with Gasteiger partial charge in [-0.2, -0.15) is 11.8 Å². The van der Waals surface area contributed by atoms with Crippen LogP contribution in [-0.4, -0.2) is 51.5 Å². The van der Waals surface area contributed by atoms with Crippen LogP contribution in [-0.2, 0) is 19.1 Å². The van der Waals surface area contributed by atoms with Gasteiger partial charge < -0.3 is 9.84 Å². The van der Waals surface area contributed by atoms with Gasteiger partial charge in [0.25, 0.3) is 0 Å². The summed E-state index contributed by atoms with van der Waals surface area (Å²) < 4.78 is 23.4. The zero-order valence-electron chi connectivity index (χ0n) is 20.9. The largest absolute Gasteiger partial charge is 0.450 e. The Morgan fingerprint density at radius 1 is 1.29 bits per heavy atom. The average Bonchev–Trinajstić information content (AvgIpc) is 2.97. The van der Waals surface area contributed by atoms with Crippen molar-refractivity contribution < 1.29 is 28.6 Å². The normalized spacial score (nSPS) is 45.1. The molecule has 8 atom stereocenters. The molecule has 0 unspecified atom stereocenters. The second-order valence-electron chi connectivity index (χ2n) is 11.1. The van der Waals surface area contributed by atoms with Gasteiger partial charge in [-0.3, -0.25) is 14.4 Å². The quantitative estimate of drug-likeness (QED) is 0.431. The smallest absolute Gasteiger partial charge is 0.307 e. The predicted octanol–water partition coefficient (Wildman–Crippen LogP) is 4.62. The van der Waals surface area contributed by atoms with E-state index in [1.807, 2.05) is 20.8 Å². The van der Waals surface area contributed by atoms with Crippen molar-refractivity contribution in [1.82, 2.24) is 0 Å². The van der Waals surface area contributed by atoms with Crippen molar-refractivity contribution in [3.05, 3.63) is 23.8 Å². The molecule has 0 radical (unpaired) electrons. The van der Waals surface area contributed by atoms with E-state index in [0.29, 0.717) is 25.0 Å². The predicted molar refractivity (Wildman–Crippen MR) is 130 cm³/mol. The summed E-state index contributed by atoms with van der Waals surface area (Å²) in [5.74, 6) is -0.315. The summed E-state index contributed by atoms with van der Waals surface area (Å²) >= 11 is 1.64. The molecule has 188 valence electrons. The minimum absolute atomic E-state index is 0.0240. The number of aliphatic hydroxyl groups excluding tert-OH is 1. The van der Waals surface area contributed by atoms with Gasteiger partial charge in [-0.25, -0.2) is 4.39 Å². The van der Waals surface area contributed by atoms with E-state index in [2.05, 4.69) is 0 Å². The third kappa shape index (κ3) is 3.25. The Hall–Kier alpha value is -1.47. The van der Waals surface area contributed by atoms with Crippen molar-refractivity contribution in [3.8, 4) is 0 Å². The number of allylic oxidation sites excluding steroid dienone is 4. The Bertz CT molecular complexity index is 961. The number of carbonyl (C=O) groups is 3. The summed E-state index contributed by atoms with van der Waals surface area (Å²) in [4.78, 5) is 38.1. The maximum atomic E-state index is 17.3. The highest BCUT2D eigenvalue weighted by Crippen LogP contribution is 2.71. The molecule has 0 spiro atoms. The number of halogens is 1. The van der Waals surface area contributed by atoms with Gasteiger partial charge >= 0.3 is 5.97 Å². The fourth-order valence-electron chi connectivity index (χ4n) is 8.10. The number of hydrogen-bond donors (Lipinski definition) is 1. The van der Waals surface area contributed by atoms with Gasteiger partial charge in [0.2, 0.25) is 0 Å². The van der Waals surface area contributed by atoms with Crippen molar-refractivity contribution in [3.63, 3.8) is 0 Å². The minimum atomic E-state index is -1.97. The molecule has 34 heavy (non-hydrogen) atoms. The first-order valence-electron chi connectivity index (χ1n) is 12.5. The molecule has 4 aliphatic rings.